The molecule has 1 aromatic heterocycles. The number of carbonyl (C=O) groups is 2. The quantitative estimate of drug-likeness (QED) is 0.865. The molecule has 96 valence electrons. The highest BCUT2D eigenvalue weighted by molar-refractivity contribution is 5.93. The molecule has 0 radical (unpaired) electrons. The second kappa shape index (κ2) is 5.62. The number of nitrogens with zero attached hydrogens (tertiary/aromatic N) is 2. The maximum atomic E-state index is 11.7. The van der Waals surface area contributed by atoms with E-state index in [2.05, 4.69) is 10.3 Å². The van der Waals surface area contributed by atoms with Crippen molar-refractivity contribution in [3.8, 4) is 0 Å². The third kappa shape index (κ3) is 2.85. The van der Waals surface area contributed by atoms with Crippen LogP contribution in [0.1, 0.15) is 30.3 Å². The van der Waals surface area contributed by atoms with E-state index in [0.717, 1.165) is 18.7 Å². The van der Waals surface area contributed by atoms with Gasteiger partial charge in [0.2, 0.25) is 0 Å². The van der Waals surface area contributed by atoms with Crippen molar-refractivity contribution >= 4 is 17.4 Å². The van der Waals surface area contributed by atoms with Gasteiger partial charge in [0.1, 0.15) is 5.69 Å². The Hall–Kier alpha value is -1.91. The van der Waals surface area contributed by atoms with Crippen molar-refractivity contribution in [2.24, 2.45) is 0 Å². The van der Waals surface area contributed by atoms with Crippen molar-refractivity contribution in [3.05, 3.63) is 24.0 Å². The predicted molar refractivity (Wildman–Crippen MR) is 68.7 cm³/mol. The number of hydrogen-bond acceptors (Lipinski definition) is 4. The van der Waals surface area contributed by atoms with Gasteiger partial charge in [-0.2, -0.15) is 0 Å². The molecule has 0 bridgehead atoms. The molecule has 5 heteroatoms. The lowest BCUT2D eigenvalue weighted by Crippen LogP contribution is -2.35. The number of hydrogen-bond donors (Lipinski definition) is 1. The highest BCUT2D eigenvalue weighted by atomic mass is 16.2. The molecule has 1 aliphatic rings. The van der Waals surface area contributed by atoms with Crippen molar-refractivity contribution in [1.82, 2.24) is 10.3 Å². The predicted octanol–water partition coefficient (Wildman–Crippen LogP) is 1.00. The number of ketones is 1. The van der Waals surface area contributed by atoms with Crippen LogP contribution in [0.4, 0.5) is 5.69 Å². The molecule has 2 heterocycles. The zero-order valence-electron chi connectivity index (χ0n) is 10.5. The van der Waals surface area contributed by atoms with Gasteiger partial charge in [0.05, 0.1) is 6.54 Å². The molecule has 18 heavy (non-hydrogen) atoms. The third-order valence-corrected chi connectivity index (χ3v) is 2.93. The standard InChI is InChI=1S/C13H17N3O2/c1-2-14-13(18)12-8-10(5-6-15-12)16-7-3-4-11(17)9-16/h5-6,8H,2-4,7,9H2,1H3,(H,14,18). The molecule has 1 amide bonds. The zero-order valence-corrected chi connectivity index (χ0v) is 10.5. The SMILES string of the molecule is CCNC(=O)c1cc(N2CCCC(=O)C2)ccn1. The number of carbonyl (C=O) groups excluding carboxylic acids is 2. The maximum Gasteiger partial charge on any atom is 0.269 e. The second-order valence-corrected chi connectivity index (χ2v) is 4.32. The smallest absolute Gasteiger partial charge is 0.269 e. The Balaban J connectivity index is 2.16. The summed E-state index contributed by atoms with van der Waals surface area (Å²) < 4.78 is 0. The van der Waals surface area contributed by atoms with Crippen molar-refractivity contribution in [2.75, 3.05) is 24.5 Å². The Labute approximate surface area is 106 Å². The van der Waals surface area contributed by atoms with Gasteiger partial charge >= 0.3 is 0 Å². The maximum absolute atomic E-state index is 11.7. The number of nitrogens with one attached hydrogen (secondary N) is 1. The molecule has 2 rings (SSSR count). The molecule has 0 saturated carbocycles. The number of piperidine rings is 1. The largest absolute Gasteiger partial charge is 0.364 e. The highest BCUT2D eigenvalue weighted by Gasteiger charge is 2.18. The van der Waals surface area contributed by atoms with E-state index < -0.39 is 0 Å². The van der Waals surface area contributed by atoms with E-state index in [0.29, 0.717) is 25.2 Å². The number of amides is 1. The zero-order chi connectivity index (χ0) is 13.0. The molecule has 1 N–H and O–H groups in total. The summed E-state index contributed by atoms with van der Waals surface area (Å²) in [6.45, 7) is 3.72. The summed E-state index contributed by atoms with van der Waals surface area (Å²) in [6.07, 6.45) is 3.14. The summed E-state index contributed by atoms with van der Waals surface area (Å²) in [5, 5.41) is 2.71. The fourth-order valence-electron chi connectivity index (χ4n) is 2.05. The van der Waals surface area contributed by atoms with Gasteiger partial charge in [0.25, 0.3) is 5.91 Å². The van der Waals surface area contributed by atoms with Gasteiger partial charge in [-0.05, 0) is 25.5 Å². The van der Waals surface area contributed by atoms with Crippen LogP contribution < -0.4 is 10.2 Å². The van der Waals surface area contributed by atoms with E-state index in [4.69, 9.17) is 0 Å². The van der Waals surface area contributed by atoms with Crippen molar-refractivity contribution < 1.29 is 9.59 Å². The fraction of sp³-hybridized carbons (Fsp3) is 0.462. The lowest BCUT2D eigenvalue weighted by atomic mass is 10.1. The Kier molecular flexibility index (Phi) is 3.92. The summed E-state index contributed by atoms with van der Waals surface area (Å²) in [4.78, 5) is 29.2. The minimum Gasteiger partial charge on any atom is -0.364 e. The van der Waals surface area contributed by atoms with Crippen molar-refractivity contribution in [1.29, 1.82) is 0 Å². The Bertz CT molecular complexity index is 459. The van der Waals surface area contributed by atoms with E-state index in [1.54, 1.807) is 12.3 Å². The van der Waals surface area contributed by atoms with E-state index in [1.165, 1.54) is 0 Å². The van der Waals surface area contributed by atoms with Crippen molar-refractivity contribution in [3.63, 3.8) is 0 Å². The minimum absolute atomic E-state index is 0.178. The van der Waals surface area contributed by atoms with Gasteiger partial charge in [0, 0.05) is 31.4 Å². The van der Waals surface area contributed by atoms with Crippen LogP contribution in [0.2, 0.25) is 0 Å². The van der Waals surface area contributed by atoms with Gasteiger partial charge in [-0.25, -0.2) is 0 Å². The number of anilines is 1. The molecular formula is C13H17N3O2. The number of aromatic nitrogens is 1. The average Bonchev–Trinajstić information content (AvgIpc) is 2.39. The lowest BCUT2D eigenvalue weighted by Gasteiger charge is -2.27. The molecule has 1 saturated heterocycles. The first-order valence-corrected chi connectivity index (χ1v) is 6.21. The normalized spacial score (nSPS) is 15.6. The van der Waals surface area contributed by atoms with Crippen LogP contribution in [0, 0.1) is 0 Å². The van der Waals surface area contributed by atoms with Gasteiger partial charge < -0.3 is 10.2 Å². The van der Waals surface area contributed by atoms with E-state index in [1.807, 2.05) is 17.9 Å². The molecule has 0 aromatic carbocycles. The van der Waals surface area contributed by atoms with Crippen LogP contribution in [0.15, 0.2) is 18.3 Å². The molecule has 1 aliphatic heterocycles. The first-order chi connectivity index (χ1) is 8.70. The van der Waals surface area contributed by atoms with Crippen LogP contribution >= 0.6 is 0 Å². The molecule has 1 fully saturated rings. The van der Waals surface area contributed by atoms with Crippen LogP contribution in [-0.4, -0.2) is 36.3 Å². The molecule has 0 atom stereocenters. The fourth-order valence-corrected chi connectivity index (χ4v) is 2.05. The molecule has 0 spiro atoms. The Morgan fingerprint density at radius 1 is 1.56 bits per heavy atom. The van der Waals surface area contributed by atoms with Gasteiger partial charge in [0.15, 0.2) is 5.78 Å². The van der Waals surface area contributed by atoms with Crippen LogP contribution in [0.5, 0.6) is 0 Å². The van der Waals surface area contributed by atoms with Gasteiger partial charge in [-0.15, -0.1) is 0 Å². The highest BCUT2D eigenvalue weighted by Crippen LogP contribution is 2.18. The van der Waals surface area contributed by atoms with E-state index >= 15 is 0 Å². The monoisotopic (exact) mass is 247 g/mol. The molecular weight excluding hydrogens is 230 g/mol. The van der Waals surface area contributed by atoms with Gasteiger partial charge in [-0.3, -0.25) is 14.6 Å². The van der Waals surface area contributed by atoms with Crippen molar-refractivity contribution in [2.45, 2.75) is 19.8 Å². The first-order valence-electron chi connectivity index (χ1n) is 6.21. The van der Waals surface area contributed by atoms with Crippen LogP contribution in [0.25, 0.3) is 0 Å². The lowest BCUT2D eigenvalue weighted by molar-refractivity contribution is -0.118. The first kappa shape index (κ1) is 12.5. The number of pyridine rings is 1. The van der Waals surface area contributed by atoms with E-state index in [-0.39, 0.29) is 11.7 Å². The van der Waals surface area contributed by atoms with Crippen LogP contribution in [0.3, 0.4) is 0 Å². The Morgan fingerprint density at radius 3 is 3.11 bits per heavy atom. The average molecular weight is 247 g/mol. The summed E-state index contributed by atoms with van der Waals surface area (Å²) in [5.41, 5.74) is 1.28. The summed E-state index contributed by atoms with van der Waals surface area (Å²) in [7, 11) is 0. The second-order valence-electron chi connectivity index (χ2n) is 4.32. The minimum atomic E-state index is -0.178. The molecule has 0 unspecified atom stereocenters. The Morgan fingerprint density at radius 2 is 2.39 bits per heavy atom. The number of rotatable bonds is 3. The third-order valence-electron chi connectivity index (χ3n) is 2.93. The van der Waals surface area contributed by atoms with Gasteiger partial charge in [-0.1, -0.05) is 0 Å². The summed E-state index contributed by atoms with van der Waals surface area (Å²) in [6, 6.07) is 3.57. The molecule has 1 aromatic rings. The summed E-state index contributed by atoms with van der Waals surface area (Å²) >= 11 is 0. The molecule has 5 nitrogen and oxygen atoms in total. The van der Waals surface area contributed by atoms with E-state index in [9.17, 15) is 9.59 Å². The summed E-state index contributed by atoms with van der Waals surface area (Å²) in [5.74, 6) is 0.0697. The number of Topliss-reactive ketones (excluding diaryl/α,β-unsaturated/α-hetero) is 1. The molecule has 0 aliphatic carbocycles. The topological polar surface area (TPSA) is 62.3 Å². The van der Waals surface area contributed by atoms with Crippen LogP contribution in [-0.2, 0) is 4.79 Å².